The van der Waals surface area contributed by atoms with Crippen LogP contribution in [-0.2, 0) is 4.79 Å². The summed E-state index contributed by atoms with van der Waals surface area (Å²) in [5, 5.41) is 8.70. The average molecular weight is 246 g/mol. The molecule has 0 fully saturated rings. The zero-order chi connectivity index (χ0) is 12.4. The lowest BCUT2D eigenvalue weighted by atomic mass is 10.1. The molecule has 0 atom stereocenters. The number of hydrogen-bond donors (Lipinski definition) is 0. The molecular weight excluding hydrogens is 236 g/mol. The van der Waals surface area contributed by atoms with Crippen LogP contribution in [0.3, 0.4) is 0 Å². The number of benzene rings is 1. The molecule has 1 aromatic carbocycles. The maximum Gasteiger partial charge on any atom is 0.238 e. The van der Waals surface area contributed by atoms with Gasteiger partial charge in [0.25, 0.3) is 0 Å². The Balaban J connectivity index is 2.44. The zero-order valence-electron chi connectivity index (χ0n) is 9.27. The van der Waals surface area contributed by atoms with Crippen LogP contribution in [0.15, 0.2) is 23.1 Å². The minimum Gasteiger partial charge on any atom is -0.297 e. The van der Waals surface area contributed by atoms with E-state index in [1.165, 1.54) is 23.6 Å². The smallest absolute Gasteiger partial charge is 0.238 e. The number of thioether (sulfide) groups is 1. The number of Topliss-reactive ketones (excluding diaryl/α,β-unsaturated/α-hetero) is 1. The van der Waals surface area contributed by atoms with E-state index >= 15 is 0 Å². The molecule has 1 aliphatic rings. The largest absolute Gasteiger partial charge is 0.297 e. The van der Waals surface area contributed by atoms with Gasteiger partial charge in [-0.3, -0.25) is 14.5 Å². The van der Waals surface area contributed by atoms with Gasteiger partial charge in [0, 0.05) is 10.5 Å². The molecule has 4 nitrogen and oxygen atoms in total. The number of ketones is 1. The Hall–Kier alpha value is -1.80. The lowest BCUT2D eigenvalue weighted by Crippen LogP contribution is -2.35. The SMILES string of the molecule is CC(=O)c1ccc2c(c1)SCC(=O)N2CC#N. The van der Waals surface area contributed by atoms with Gasteiger partial charge in [0.2, 0.25) is 5.91 Å². The van der Waals surface area contributed by atoms with E-state index in [0.29, 0.717) is 11.3 Å². The van der Waals surface area contributed by atoms with Gasteiger partial charge < -0.3 is 0 Å². The van der Waals surface area contributed by atoms with E-state index < -0.39 is 0 Å². The van der Waals surface area contributed by atoms with Gasteiger partial charge in [0.1, 0.15) is 6.54 Å². The maximum atomic E-state index is 11.7. The average Bonchev–Trinajstić information content (AvgIpc) is 2.32. The second-order valence-corrected chi connectivity index (χ2v) is 4.68. The first-order chi connectivity index (χ1) is 8.13. The van der Waals surface area contributed by atoms with Crippen molar-refractivity contribution in [1.82, 2.24) is 0 Å². The number of hydrogen-bond acceptors (Lipinski definition) is 4. The third-order valence-electron chi connectivity index (χ3n) is 2.54. The van der Waals surface area contributed by atoms with Crippen molar-refractivity contribution in [3.63, 3.8) is 0 Å². The Morgan fingerprint density at radius 1 is 1.59 bits per heavy atom. The van der Waals surface area contributed by atoms with Gasteiger partial charge >= 0.3 is 0 Å². The fourth-order valence-electron chi connectivity index (χ4n) is 1.67. The van der Waals surface area contributed by atoms with Gasteiger partial charge in [0.15, 0.2) is 5.78 Å². The summed E-state index contributed by atoms with van der Waals surface area (Å²) in [5.74, 6) is 0.243. The summed E-state index contributed by atoms with van der Waals surface area (Å²) in [6, 6.07) is 7.17. The predicted molar refractivity (Wildman–Crippen MR) is 65.1 cm³/mol. The minimum atomic E-state index is -0.0698. The van der Waals surface area contributed by atoms with Crippen LogP contribution in [0.5, 0.6) is 0 Å². The summed E-state index contributed by atoms with van der Waals surface area (Å²) in [4.78, 5) is 25.2. The van der Waals surface area contributed by atoms with Crippen LogP contribution in [0.1, 0.15) is 17.3 Å². The van der Waals surface area contributed by atoms with E-state index in [0.717, 1.165) is 10.6 Å². The zero-order valence-corrected chi connectivity index (χ0v) is 10.1. The number of nitrogens with zero attached hydrogens (tertiary/aromatic N) is 2. The van der Waals surface area contributed by atoms with Crippen molar-refractivity contribution in [2.75, 3.05) is 17.2 Å². The lowest BCUT2D eigenvalue weighted by molar-refractivity contribution is -0.116. The molecule has 0 unspecified atom stereocenters. The topological polar surface area (TPSA) is 61.2 Å². The molecule has 0 saturated heterocycles. The summed E-state index contributed by atoms with van der Waals surface area (Å²) < 4.78 is 0. The van der Waals surface area contributed by atoms with Crippen molar-refractivity contribution in [2.24, 2.45) is 0 Å². The highest BCUT2D eigenvalue weighted by Gasteiger charge is 2.24. The van der Waals surface area contributed by atoms with Gasteiger partial charge in [-0.05, 0) is 25.1 Å². The minimum absolute atomic E-state index is 0.00265. The predicted octanol–water partition coefficient (Wildman–Crippen LogP) is 1.85. The number of rotatable bonds is 2. The highest BCUT2D eigenvalue weighted by atomic mass is 32.2. The molecule has 1 aromatic rings. The van der Waals surface area contributed by atoms with Crippen molar-refractivity contribution in [2.45, 2.75) is 11.8 Å². The number of nitriles is 1. The van der Waals surface area contributed by atoms with Crippen molar-refractivity contribution in [3.05, 3.63) is 23.8 Å². The fraction of sp³-hybridized carbons (Fsp3) is 0.250. The Kier molecular flexibility index (Phi) is 3.16. The van der Waals surface area contributed by atoms with Crippen molar-refractivity contribution in [1.29, 1.82) is 5.26 Å². The number of amides is 1. The molecule has 0 N–H and O–H groups in total. The molecule has 0 aliphatic carbocycles. The Labute approximate surface area is 103 Å². The number of anilines is 1. The number of carbonyl (C=O) groups is 2. The summed E-state index contributed by atoms with van der Waals surface area (Å²) in [7, 11) is 0. The van der Waals surface area contributed by atoms with Gasteiger partial charge in [-0.2, -0.15) is 5.26 Å². The molecular formula is C12H10N2O2S. The van der Waals surface area contributed by atoms with E-state index in [1.54, 1.807) is 18.2 Å². The summed E-state index contributed by atoms with van der Waals surface area (Å²) in [6.07, 6.45) is 0. The summed E-state index contributed by atoms with van der Waals surface area (Å²) in [5.41, 5.74) is 1.35. The molecule has 0 aromatic heterocycles. The first-order valence-corrected chi connectivity index (χ1v) is 6.07. The fourth-order valence-corrected chi connectivity index (χ4v) is 2.64. The lowest BCUT2D eigenvalue weighted by Gasteiger charge is -2.26. The van der Waals surface area contributed by atoms with Gasteiger partial charge in [-0.15, -0.1) is 11.8 Å². The number of fused-ring (bicyclic) bond motifs is 1. The molecule has 5 heteroatoms. The molecule has 1 heterocycles. The third kappa shape index (κ3) is 2.17. The normalized spacial score (nSPS) is 14.1. The van der Waals surface area contributed by atoms with Crippen LogP contribution < -0.4 is 4.90 Å². The molecule has 86 valence electrons. The van der Waals surface area contributed by atoms with E-state index in [1.807, 2.05) is 6.07 Å². The Morgan fingerprint density at radius 3 is 3.00 bits per heavy atom. The number of carbonyl (C=O) groups excluding carboxylic acids is 2. The first kappa shape index (κ1) is 11.7. The monoisotopic (exact) mass is 246 g/mol. The van der Waals surface area contributed by atoms with Gasteiger partial charge in [-0.25, -0.2) is 0 Å². The second-order valence-electron chi connectivity index (χ2n) is 3.67. The molecule has 0 radical (unpaired) electrons. The van der Waals surface area contributed by atoms with E-state index in [4.69, 9.17) is 5.26 Å². The quantitative estimate of drug-likeness (QED) is 0.590. The van der Waals surface area contributed by atoms with Crippen LogP contribution in [0.4, 0.5) is 5.69 Å². The molecule has 2 rings (SSSR count). The van der Waals surface area contributed by atoms with Crippen LogP contribution in [-0.4, -0.2) is 24.0 Å². The molecule has 0 spiro atoms. The summed E-state index contributed by atoms with van der Waals surface area (Å²) >= 11 is 1.41. The van der Waals surface area contributed by atoms with E-state index in [2.05, 4.69) is 0 Å². The van der Waals surface area contributed by atoms with Gasteiger partial charge in [0.05, 0.1) is 17.5 Å². The van der Waals surface area contributed by atoms with Crippen LogP contribution in [0.25, 0.3) is 0 Å². The van der Waals surface area contributed by atoms with Gasteiger partial charge in [-0.1, -0.05) is 0 Å². The van der Waals surface area contributed by atoms with E-state index in [9.17, 15) is 9.59 Å². The molecule has 1 amide bonds. The standard InChI is InChI=1S/C12H10N2O2S/c1-8(15)9-2-3-10-11(6-9)17-7-12(16)14(10)5-4-13/h2-3,6H,5,7H2,1H3. The highest BCUT2D eigenvalue weighted by Crippen LogP contribution is 2.35. The molecule has 0 bridgehead atoms. The van der Waals surface area contributed by atoms with Crippen molar-refractivity contribution >= 4 is 29.1 Å². The molecule has 17 heavy (non-hydrogen) atoms. The molecule has 0 saturated carbocycles. The Morgan fingerprint density at radius 2 is 2.35 bits per heavy atom. The van der Waals surface area contributed by atoms with Crippen LogP contribution >= 0.6 is 11.8 Å². The van der Waals surface area contributed by atoms with Crippen LogP contribution in [0.2, 0.25) is 0 Å². The van der Waals surface area contributed by atoms with Crippen molar-refractivity contribution < 1.29 is 9.59 Å². The van der Waals surface area contributed by atoms with Crippen LogP contribution in [0, 0.1) is 11.3 Å². The third-order valence-corrected chi connectivity index (χ3v) is 3.57. The first-order valence-electron chi connectivity index (χ1n) is 5.08. The maximum absolute atomic E-state index is 11.7. The van der Waals surface area contributed by atoms with E-state index in [-0.39, 0.29) is 18.2 Å². The highest BCUT2D eigenvalue weighted by molar-refractivity contribution is 8.00. The molecule has 1 aliphatic heterocycles. The second kappa shape index (κ2) is 4.60. The Bertz CT molecular complexity index is 534. The summed E-state index contributed by atoms with van der Waals surface area (Å²) in [6.45, 7) is 1.55. The van der Waals surface area contributed by atoms with Crippen molar-refractivity contribution in [3.8, 4) is 6.07 Å².